The number of aliphatic imine (C=N–C) groups is 1. The highest BCUT2D eigenvalue weighted by Crippen LogP contribution is 2.30. The van der Waals surface area contributed by atoms with Crippen LogP contribution in [0.15, 0.2) is 39.5 Å². The third kappa shape index (κ3) is 5.20. The van der Waals surface area contributed by atoms with Gasteiger partial charge in [-0.25, -0.2) is 9.38 Å². The predicted molar refractivity (Wildman–Crippen MR) is 92.7 cm³/mol. The molecule has 0 aliphatic heterocycles. The number of benzene rings is 1. The Labute approximate surface area is 150 Å². The number of alkyl halides is 3. The van der Waals surface area contributed by atoms with Crippen LogP contribution in [0.4, 0.5) is 23.2 Å². The molecule has 136 valence electrons. The molecule has 0 saturated heterocycles. The van der Waals surface area contributed by atoms with Crippen molar-refractivity contribution in [3.63, 3.8) is 0 Å². The van der Waals surface area contributed by atoms with Crippen molar-refractivity contribution in [1.82, 2.24) is 4.90 Å². The molecule has 2 rings (SSSR count). The van der Waals surface area contributed by atoms with Crippen LogP contribution in [0, 0.1) is 12.7 Å². The fourth-order valence-electron chi connectivity index (χ4n) is 2.09. The fourth-order valence-corrected chi connectivity index (χ4v) is 4.00. The van der Waals surface area contributed by atoms with Gasteiger partial charge in [0.1, 0.15) is 17.3 Å². The molecule has 3 nitrogen and oxygen atoms in total. The first kappa shape index (κ1) is 19.7. The number of hydrogen-bond donors (Lipinski definition) is 0. The molecule has 0 radical (unpaired) electrons. The minimum Gasteiger partial charge on any atom is -0.611 e. The van der Waals surface area contributed by atoms with Crippen LogP contribution in [-0.4, -0.2) is 41.3 Å². The zero-order chi connectivity index (χ0) is 18.8. The number of nitrogens with zero attached hydrogens (tertiary/aromatic N) is 2. The normalized spacial score (nSPS) is 13.8. The first-order valence-corrected chi connectivity index (χ1v) is 9.33. The molecule has 25 heavy (non-hydrogen) atoms. The Morgan fingerprint density at radius 3 is 2.52 bits per heavy atom. The third-order valence-corrected chi connectivity index (χ3v) is 5.56. The second-order valence-corrected chi connectivity index (χ2v) is 7.85. The molecule has 9 heteroatoms. The highest BCUT2D eigenvalue weighted by atomic mass is 32.2. The minimum atomic E-state index is -4.57. The lowest BCUT2D eigenvalue weighted by Crippen LogP contribution is -2.23. The summed E-state index contributed by atoms with van der Waals surface area (Å²) < 4.78 is 63.8. The summed E-state index contributed by atoms with van der Waals surface area (Å²) in [4.78, 5) is 6.63. The average molecular weight is 392 g/mol. The fraction of sp³-hybridized carbons (Fsp3) is 0.312. The van der Waals surface area contributed by atoms with Gasteiger partial charge < -0.3 is 9.45 Å². The maximum Gasteiger partial charge on any atom is 0.433 e. The molecule has 1 unspecified atom stereocenters. The van der Waals surface area contributed by atoms with Crippen LogP contribution in [0.2, 0.25) is 0 Å². The van der Waals surface area contributed by atoms with Crippen LogP contribution in [0.3, 0.4) is 0 Å². The van der Waals surface area contributed by atoms with Crippen LogP contribution < -0.4 is 0 Å². The van der Waals surface area contributed by atoms with Crippen LogP contribution in [0.25, 0.3) is 0 Å². The molecule has 0 aliphatic rings. The van der Waals surface area contributed by atoms with Gasteiger partial charge in [0.2, 0.25) is 5.75 Å². The maximum absolute atomic E-state index is 14.3. The van der Waals surface area contributed by atoms with Crippen molar-refractivity contribution in [3.8, 4) is 0 Å². The standard InChI is InChI=1S/C16H16F4N2OS2/c1-10-7-11(17)12(8-14(10)25(23)9-16(18,19)20)21-15(22(2)3)13-5-4-6-24-13/h4-8H,9H2,1-3H3/b21-15+. The van der Waals surface area contributed by atoms with Crippen molar-refractivity contribution in [2.75, 3.05) is 19.8 Å². The van der Waals surface area contributed by atoms with E-state index in [4.69, 9.17) is 0 Å². The zero-order valence-corrected chi connectivity index (χ0v) is 15.4. The summed E-state index contributed by atoms with van der Waals surface area (Å²) in [5, 5.41) is 1.84. The number of halogens is 4. The molecule has 1 aromatic heterocycles. The first-order valence-electron chi connectivity index (χ1n) is 7.13. The van der Waals surface area contributed by atoms with Crippen molar-refractivity contribution in [2.45, 2.75) is 18.0 Å². The smallest absolute Gasteiger partial charge is 0.433 e. The summed E-state index contributed by atoms with van der Waals surface area (Å²) in [5.74, 6) is -1.69. The lowest BCUT2D eigenvalue weighted by atomic mass is 10.2. The summed E-state index contributed by atoms with van der Waals surface area (Å²) >= 11 is -0.915. The largest absolute Gasteiger partial charge is 0.611 e. The van der Waals surface area contributed by atoms with Crippen molar-refractivity contribution in [2.24, 2.45) is 4.99 Å². The predicted octanol–water partition coefficient (Wildman–Crippen LogP) is 4.51. The quantitative estimate of drug-likeness (QED) is 0.332. The Kier molecular flexibility index (Phi) is 6.12. The Balaban J connectivity index is 2.47. The second kappa shape index (κ2) is 7.76. The van der Waals surface area contributed by atoms with E-state index in [9.17, 15) is 22.1 Å². The highest BCUT2D eigenvalue weighted by Gasteiger charge is 2.36. The molecule has 0 amide bonds. The summed E-state index contributed by atoms with van der Waals surface area (Å²) in [6.45, 7) is 1.42. The lowest BCUT2D eigenvalue weighted by Gasteiger charge is -2.17. The van der Waals surface area contributed by atoms with E-state index < -0.39 is 28.9 Å². The zero-order valence-electron chi connectivity index (χ0n) is 13.7. The van der Waals surface area contributed by atoms with Crippen LogP contribution >= 0.6 is 11.3 Å². The van der Waals surface area contributed by atoms with Gasteiger partial charge >= 0.3 is 6.18 Å². The van der Waals surface area contributed by atoms with E-state index in [0.29, 0.717) is 5.84 Å². The van der Waals surface area contributed by atoms with Gasteiger partial charge in [-0.3, -0.25) is 0 Å². The van der Waals surface area contributed by atoms with Crippen LogP contribution in [0.1, 0.15) is 10.4 Å². The van der Waals surface area contributed by atoms with Crippen LogP contribution in [0.5, 0.6) is 0 Å². The summed E-state index contributed by atoms with van der Waals surface area (Å²) in [6, 6.07) is 5.81. The second-order valence-electron chi connectivity index (χ2n) is 5.48. The molecule has 0 aliphatic carbocycles. The number of amidine groups is 1. The maximum atomic E-state index is 14.3. The van der Waals surface area contributed by atoms with Gasteiger partial charge in [-0.1, -0.05) is 6.07 Å². The number of aryl methyl sites for hydroxylation is 1. The summed E-state index contributed by atoms with van der Waals surface area (Å²) in [7, 11) is 3.46. The molecular weight excluding hydrogens is 376 g/mol. The number of thiophene rings is 1. The van der Waals surface area contributed by atoms with Gasteiger partial charge in [-0.15, -0.1) is 11.3 Å². The molecule has 0 spiro atoms. The van der Waals surface area contributed by atoms with E-state index in [0.717, 1.165) is 17.0 Å². The Morgan fingerprint density at radius 1 is 1.32 bits per heavy atom. The third-order valence-electron chi connectivity index (χ3n) is 3.18. The summed E-state index contributed by atoms with van der Waals surface area (Å²) in [5.41, 5.74) is 0.0507. The Morgan fingerprint density at radius 2 is 2.00 bits per heavy atom. The van der Waals surface area contributed by atoms with Gasteiger partial charge in [-0.2, -0.15) is 13.2 Å². The topological polar surface area (TPSA) is 38.7 Å². The number of rotatable bonds is 4. The molecule has 0 bridgehead atoms. The van der Waals surface area contributed by atoms with Crippen molar-refractivity contribution in [1.29, 1.82) is 0 Å². The van der Waals surface area contributed by atoms with E-state index in [1.807, 2.05) is 11.4 Å². The van der Waals surface area contributed by atoms with Crippen LogP contribution in [-0.2, 0) is 11.2 Å². The molecular formula is C16H16F4N2OS2. The minimum absolute atomic E-state index is 0.0678. The molecule has 1 heterocycles. The van der Waals surface area contributed by atoms with Gasteiger partial charge in [0.05, 0.1) is 4.88 Å². The van der Waals surface area contributed by atoms with Gasteiger partial charge in [0.15, 0.2) is 4.90 Å². The Hall–Kier alpha value is -1.58. The van der Waals surface area contributed by atoms with Gasteiger partial charge in [-0.05, 0) is 35.6 Å². The van der Waals surface area contributed by atoms with Crippen molar-refractivity contribution < 1.29 is 22.1 Å². The van der Waals surface area contributed by atoms with Crippen molar-refractivity contribution in [3.05, 3.63) is 45.9 Å². The van der Waals surface area contributed by atoms with E-state index in [1.165, 1.54) is 18.3 Å². The highest BCUT2D eigenvalue weighted by molar-refractivity contribution is 7.91. The number of hydrogen-bond acceptors (Lipinski definition) is 3. The van der Waals surface area contributed by atoms with Crippen molar-refractivity contribution >= 4 is 34.0 Å². The molecule has 2 aromatic rings. The summed E-state index contributed by atoms with van der Waals surface area (Å²) in [6.07, 6.45) is -4.57. The first-order chi connectivity index (χ1) is 11.6. The van der Waals surface area contributed by atoms with E-state index >= 15 is 0 Å². The van der Waals surface area contributed by atoms with E-state index in [-0.39, 0.29) is 16.1 Å². The Bertz CT molecular complexity index is 758. The van der Waals surface area contributed by atoms with E-state index in [1.54, 1.807) is 25.1 Å². The van der Waals surface area contributed by atoms with Gasteiger partial charge in [0, 0.05) is 25.7 Å². The average Bonchev–Trinajstić information content (AvgIpc) is 2.97. The van der Waals surface area contributed by atoms with Gasteiger partial charge in [0.25, 0.3) is 0 Å². The molecule has 0 N–H and O–H groups in total. The molecule has 1 aromatic carbocycles. The SMILES string of the molecule is Cc1cc(F)c(/N=C(\c2cccs2)N(C)C)cc1[S+]([O-])CC(F)(F)F. The molecule has 0 fully saturated rings. The molecule has 1 atom stereocenters. The monoisotopic (exact) mass is 392 g/mol. The lowest BCUT2D eigenvalue weighted by molar-refractivity contribution is -0.106. The molecule has 0 saturated carbocycles. The van der Waals surface area contributed by atoms with E-state index in [2.05, 4.69) is 4.99 Å².